The van der Waals surface area contributed by atoms with Crippen molar-refractivity contribution in [3.8, 4) is 16.9 Å². The molecule has 0 saturated carbocycles. The fourth-order valence-corrected chi connectivity index (χ4v) is 3.45. The summed E-state index contributed by atoms with van der Waals surface area (Å²) in [6, 6.07) is 11.9. The summed E-state index contributed by atoms with van der Waals surface area (Å²) in [6.07, 6.45) is 0. The molecule has 2 heterocycles. The van der Waals surface area contributed by atoms with Crippen molar-refractivity contribution < 1.29 is 13.6 Å². The van der Waals surface area contributed by atoms with Gasteiger partial charge in [-0.3, -0.25) is 0 Å². The molecule has 5 nitrogen and oxygen atoms in total. The Labute approximate surface area is 155 Å². The minimum Gasteiger partial charge on any atom is -0.496 e. The SMILES string of the molecule is COc1ccc2c(-c3cc4cc(Br)ccc4oc3=O)cc(=O)oc2c1C. The van der Waals surface area contributed by atoms with E-state index in [0.717, 1.165) is 9.86 Å². The molecule has 4 rings (SSSR count). The average molecular weight is 413 g/mol. The molecule has 0 fully saturated rings. The van der Waals surface area contributed by atoms with Crippen LogP contribution in [0.2, 0.25) is 0 Å². The number of halogens is 1. The van der Waals surface area contributed by atoms with Crippen LogP contribution < -0.4 is 16.0 Å². The van der Waals surface area contributed by atoms with Crippen LogP contribution in [0.25, 0.3) is 33.1 Å². The van der Waals surface area contributed by atoms with Crippen molar-refractivity contribution in [2.75, 3.05) is 7.11 Å². The number of aryl methyl sites for hydroxylation is 1. The van der Waals surface area contributed by atoms with Gasteiger partial charge in [0, 0.05) is 32.4 Å². The molecule has 6 heteroatoms. The number of hydrogen-bond donors (Lipinski definition) is 0. The topological polar surface area (TPSA) is 69.7 Å². The Balaban J connectivity index is 2.10. The standard InChI is InChI=1S/C20H13BrO5/c1-10-16(24-2)6-4-13-14(9-18(22)26-19(10)13)15-8-11-7-12(21)3-5-17(11)25-20(15)23/h3-9H,1-2H3. The highest BCUT2D eigenvalue weighted by Crippen LogP contribution is 2.33. The summed E-state index contributed by atoms with van der Waals surface area (Å²) < 4.78 is 16.9. The zero-order chi connectivity index (χ0) is 18.4. The van der Waals surface area contributed by atoms with Gasteiger partial charge < -0.3 is 13.6 Å². The van der Waals surface area contributed by atoms with Crippen LogP contribution in [-0.2, 0) is 0 Å². The molecule has 0 radical (unpaired) electrons. The molecule has 0 atom stereocenters. The summed E-state index contributed by atoms with van der Waals surface area (Å²) in [6.45, 7) is 1.80. The lowest BCUT2D eigenvalue weighted by atomic mass is 10.0. The summed E-state index contributed by atoms with van der Waals surface area (Å²) in [7, 11) is 1.55. The maximum atomic E-state index is 12.5. The van der Waals surface area contributed by atoms with E-state index in [1.807, 2.05) is 6.07 Å². The summed E-state index contributed by atoms with van der Waals surface area (Å²) in [5.74, 6) is 0.604. The summed E-state index contributed by atoms with van der Waals surface area (Å²) in [5, 5.41) is 1.39. The van der Waals surface area contributed by atoms with Gasteiger partial charge in [-0.05, 0) is 43.3 Å². The highest BCUT2D eigenvalue weighted by Gasteiger charge is 2.16. The van der Waals surface area contributed by atoms with Crippen molar-refractivity contribution in [2.24, 2.45) is 0 Å². The molecule has 0 aliphatic rings. The number of fused-ring (bicyclic) bond motifs is 2. The first-order chi connectivity index (χ1) is 12.5. The second kappa shape index (κ2) is 6.14. The first-order valence-corrected chi connectivity index (χ1v) is 8.62. The molecule has 0 N–H and O–H groups in total. The Morgan fingerprint density at radius 1 is 0.962 bits per heavy atom. The van der Waals surface area contributed by atoms with Crippen LogP contribution in [0, 0.1) is 6.92 Å². The van der Waals surface area contributed by atoms with Gasteiger partial charge in [0.2, 0.25) is 0 Å². The van der Waals surface area contributed by atoms with Crippen molar-refractivity contribution in [3.63, 3.8) is 0 Å². The third kappa shape index (κ3) is 2.63. The van der Waals surface area contributed by atoms with E-state index in [0.29, 0.717) is 39.0 Å². The Morgan fingerprint density at radius 2 is 1.77 bits per heavy atom. The van der Waals surface area contributed by atoms with Crippen LogP contribution in [0.4, 0.5) is 0 Å². The van der Waals surface area contributed by atoms with E-state index in [1.165, 1.54) is 6.07 Å². The predicted octanol–water partition coefficient (Wildman–Crippen LogP) is 4.65. The van der Waals surface area contributed by atoms with E-state index in [1.54, 1.807) is 44.4 Å². The smallest absolute Gasteiger partial charge is 0.344 e. The number of hydrogen-bond acceptors (Lipinski definition) is 5. The molecule has 0 aliphatic carbocycles. The minimum absolute atomic E-state index is 0.304. The fourth-order valence-electron chi connectivity index (χ4n) is 3.07. The van der Waals surface area contributed by atoms with Crippen LogP contribution in [0.3, 0.4) is 0 Å². The second-order valence-corrected chi connectivity index (χ2v) is 6.79. The van der Waals surface area contributed by atoms with E-state index in [9.17, 15) is 9.59 Å². The van der Waals surface area contributed by atoms with Crippen LogP contribution in [0.15, 0.2) is 65.4 Å². The van der Waals surface area contributed by atoms with E-state index in [2.05, 4.69) is 15.9 Å². The lowest BCUT2D eigenvalue weighted by Gasteiger charge is -2.10. The summed E-state index contributed by atoms with van der Waals surface area (Å²) in [5.41, 5.74) is 1.28. The van der Waals surface area contributed by atoms with Crippen molar-refractivity contribution in [3.05, 3.63) is 73.3 Å². The second-order valence-electron chi connectivity index (χ2n) is 5.88. The highest BCUT2D eigenvalue weighted by atomic mass is 79.9. The average Bonchev–Trinajstić information content (AvgIpc) is 2.62. The monoisotopic (exact) mass is 412 g/mol. The normalized spacial score (nSPS) is 11.2. The predicted molar refractivity (Wildman–Crippen MR) is 103 cm³/mol. The molecule has 130 valence electrons. The Hall–Kier alpha value is -2.86. The van der Waals surface area contributed by atoms with E-state index >= 15 is 0 Å². The largest absolute Gasteiger partial charge is 0.496 e. The van der Waals surface area contributed by atoms with Gasteiger partial charge in [0.05, 0.1) is 12.7 Å². The lowest BCUT2D eigenvalue weighted by molar-refractivity contribution is 0.410. The first-order valence-electron chi connectivity index (χ1n) is 7.83. The van der Waals surface area contributed by atoms with Gasteiger partial charge in [0.25, 0.3) is 0 Å². The minimum atomic E-state index is -0.544. The van der Waals surface area contributed by atoms with Crippen LogP contribution in [0.1, 0.15) is 5.56 Å². The molecule has 0 bridgehead atoms. The highest BCUT2D eigenvalue weighted by molar-refractivity contribution is 9.10. The van der Waals surface area contributed by atoms with Crippen molar-refractivity contribution in [1.82, 2.24) is 0 Å². The van der Waals surface area contributed by atoms with E-state index in [-0.39, 0.29) is 0 Å². The maximum Gasteiger partial charge on any atom is 0.344 e. The molecule has 0 amide bonds. The van der Waals surface area contributed by atoms with Crippen molar-refractivity contribution in [2.45, 2.75) is 6.92 Å². The number of methoxy groups -OCH3 is 1. The van der Waals surface area contributed by atoms with E-state index in [4.69, 9.17) is 13.6 Å². The van der Waals surface area contributed by atoms with E-state index < -0.39 is 11.3 Å². The fraction of sp³-hybridized carbons (Fsp3) is 0.100. The molecular formula is C20H13BrO5. The van der Waals surface area contributed by atoms with Gasteiger partial charge in [-0.1, -0.05) is 15.9 Å². The third-order valence-corrected chi connectivity index (χ3v) is 4.81. The zero-order valence-electron chi connectivity index (χ0n) is 14.0. The summed E-state index contributed by atoms with van der Waals surface area (Å²) in [4.78, 5) is 24.7. The molecule has 0 unspecified atom stereocenters. The Kier molecular flexibility index (Phi) is 3.92. The van der Waals surface area contributed by atoms with Crippen LogP contribution in [0.5, 0.6) is 5.75 Å². The van der Waals surface area contributed by atoms with Gasteiger partial charge in [0.15, 0.2) is 0 Å². The van der Waals surface area contributed by atoms with Crippen LogP contribution in [-0.4, -0.2) is 7.11 Å². The number of ether oxygens (including phenoxy) is 1. The quantitative estimate of drug-likeness (QED) is 0.448. The molecule has 0 spiro atoms. The molecule has 0 aliphatic heterocycles. The molecule has 26 heavy (non-hydrogen) atoms. The maximum absolute atomic E-state index is 12.5. The molecule has 4 aromatic rings. The molecule has 2 aromatic heterocycles. The van der Waals surface area contributed by atoms with Crippen molar-refractivity contribution >= 4 is 37.9 Å². The molecular weight excluding hydrogens is 400 g/mol. The Bertz CT molecular complexity index is 1280. The van der Waals surface area contributed by atoms with Gasteiger partial charge in [-0.15, -0.1) is 0 Å². The molecule has 2 aromatic carbocycles. The van der Waals surface area contributed by atoms with Crippen molar-refractivity contribution in [1.29, 1.82) is 0 Å². The van der Waals surface area contributed by atoms with Gasteiger partial charge in [-0.2, -0.15) is 0 Å². The summed E-state index contributed by atoms with van der Waals surface area (Å²) >= 11 is 3.41. The zero-order valence-corrected chi connectivity index (χ0v) is 15.5. The third-order valence-electron chi connectivity index (χ3n) is 4.32. The van der Waals surface area contributed by atoms with Gasteiger partial charge in [-0.25, -0.2) is 9.59 Å². The number of benzene rings is 2. The Morgan fingerprint density at radius 3 is 2.54 bits per heavy atom. The van der Waals surface area contributed by atoms with Gasteiger partial charge in [0.1, 0.15) is 16.9 Å². The first kappa shape index (κ1) is 16.6. The molecule has 0 saturated heterocycles. The number of rotatable bonds is 2. The van der Waals surface area contributed by atoms with Gasteiger partial charge >= 0.3 is 11.3 Å². The lowest BCUT2D eigenvalue weighted by Crippen LogP contribution is -2.07. The van der Waals surface area contributed by atoms with Crippen LogP contribution >= 0.6 is 15.9 Å².